The van der Waals surface area contributed by atoms with Crippen LogP contribution in [0.2, 0.25) is 0 Å². The first-order valence-corrected chi connectivity index (χ1v) is 16.6. The van der Waals surface area contributed by atoms with Crippen LogP contribution in [0.4, 0.5) is 0 Å². The zero-order chi connectivity index (χ0) is 33.2. The van der Waals surface area contributed by atoms with Crippen molar-refractivity contribution in [3.05, 3.63) is 163 Å². The summed E-state index contributed by atoms with van der Waals surface area (Å²) < 4.78 is 9.11. The van der Waals surface area contributed by atoms with Gasteiger partial charge in [-0.25, -0.2) is 9.97 Å². The van der Waals surface area contributed by atoms with E-state index in [0.29, 0.717) is 22.8 Å². The lowest BCUT2D eigenvalue weighted by molar-refractivity contribution is 0.671. The second-order valence-electron chi connectivity index (χ2n) is 12.5. The van der Waals surface area contributed by atoms with E-state index in [4.69, 9.17) is 14.4 Å². The molecule has 0 radical (unpaired) electrons. The van der Waals surface area contributed by atoms with Crippen molar-refractivity contribution in [2.24, 2.45) is 0 Å². The predicted octanol–water partition coefficient (Wildman–Crippen LogP) is 11.5. The van der Waals surface area contributed by atoms with E-state index in [1.807, 2.05) is 72.8 Å². The number of furan rings is 1. The molecule has 0 unspecified atom stereocenters. The molecule has 0 amide bonds. The van der Waals surface area contributed by atoms with E-state index < -0.39 is 0 Å². The maximum Gasteiger partial charge on any atom is 0.160 e. The molecule has 50 heavy (non-hydrogen) atoms. The predicted molar refractivity (Wildman–Crippen MR) is 202 cm³/mol. The lowest BCUT2D eigenvalue weighted by Gasteiger charge is -2.13. The minimum absolute atomic E-state index is 0.418. The summed E-state index contributed by atoms with van der Waals surface area (Å²) in [6.45, 7) is 0. The van der Waals surface area contributed by atoms with E-state index in [-0.39, 0.29) is 0 Å². The first-order chi connectivity index (χ1) is 24.8. The summed E-state index contributed by atoms with van der Waals surface area (Å²) in [5, 5.41) is 17.2. The van der Waals surface area contributed by atoms with Crippen LogP contribution in [0.25, 0.3) is 94.1 Å². The van der Waals surface area contributed by atoms with E-state index in [0.717, 1.165) is 76.9 Å². The van der Waals surface area contributed by atoms with Gasteiger partial charge in [-0.05, 0) is 47.2 Å². The number of benzene rings is 7. The molecule has 5 nitrogen and oxygen atoms in total. The molecule has 0 aliphatic rings. The standard InChI is InChI=1S/C45H26N4O/c46-27-37-41(31-23-22-28-12-7-8-15-30(28)26-31)47-45(29-13-3-1-4-14-29)48-42(37)35-19-11-21-39-40(35)36-25-24-34-33-18-9-10-20-38(33)49(43(34)44(36)50-39)32-16-5-2-6-17-32/h1-26H. The molecule has 3 aromatic heterocycles. The number of hydrogen-bond acceptors (Lipinski definition) is 4. The van der Waals surface area contributed by atoms with E-state index in [2.05, 4.69) is 95.6 Å². The van der Waals surface area contributed by atoms with Gasteiger partial charge < -0.3 is 8.98 Å². The highest BCUT2D eigenvalue weighted by Gasteiger charge is 2.24. The zero-order valence-electron chi connectivity index (χ0n) is 26.7. The molecule has 0 bridgehead atoms. The van der Waals surface area contributed by atoms with Crippen LogP contribution in [-0.4, -0.2) is 14.5 Å². The largest absolute Gasteiger partial charge is 0.454 e. The molecule has 0 saturated carbocycles. The topological polar surface area (TPSA) is 67.6 Å². The molecule has 10 aromatic rings. The Morgan fingerprint density at radius 3 is 2.12 bits per heavy atom. The van der Waals surface area contributed by atoms with Crippen molar-refractivity contribution < 1.29 is 4.42 Å². The molecule has 10 rings (SSSR count). The minimum atomic E-state index is 0.418. The Hall–Kier alpha value is -7.03. The third kappa shape index (κ3) is 4.19. The van der Waals surface area contributed by atoms with E-state index in [1.54, 1.807) is 0 Å². The van der Waals surface area contributed by atoms with Crippen LogP contribution in [0, 0.1) is 11.3 Å². The first-order valence-electron chi connectivity index (χ1n) is 16.6. The van der Waals surface area contributed by atoms with Gasteiger partial charge in [-0.3, -0.25) is 0 Å². The van der Waals surface area contributed by atoms with Crippen molar-refractivity contribution >= 4 is 54.5 Å². The Kier molecular flexibility index (Phi) is 6.17. The molecule has 3 heterocycles. The molecule has 0 atom stereocenters. The number of nitrogens with zero attached hydrogens (tertiary/aromatic N) is 4. The molecule has 0 aliphatic heterocycles. The fourth-order valence-electron chi connectivity index (χ4n) is 7.40. The van der Waals surface area contributed by atoms with Gasteiger partial charge in [0.2, 0.25) is 0 Å². The molecule has 232 valence electrons. The van der Waals surface area contributed by atoms with Crippen molar-refractivity contribution in [1.29, 1.82) is 5.26 Å². The zero-order valence-corrected chi connectivity index (χ0v) is 26.7. The number of aromatic nitrogens is 3. The fourth-order valence-corrected chi connectivity index (χ4v) is 7.40. The quantitative estimate of drug-likeness (QED) is 0.192. The van der Waals surface area contributed by atoms with Gasteiger partial charge >= 0.3 is 0 Å². The van der Waals surface area contributed by atoms with Gasteiger partial charge in [-0.15, -0.1) is 0 Å². The van der Waals surface area contributed by atoms with E-state index in [9.17, 15) is 5.26 Å². The van der Waals surface area contributed by atoms with Crippen LogP contribution in [0.3, 0.4) is 0 Å². The van der Waals surface area contributed by atoms with Gasteiger partial charge in [-0.1, -0.05) is 121 Å². The van der Waals surface area contributed by atoms with Crippen molar-refractivity contribution in [2.75, 3.05) is 0 Å². The molecule has 0 N–H and O–H groups in total. The van der Waals surface area contributed by atoms with Crippen LogP contribution in [0.1, 0.15) is 5.56 Å². The Morgan fingerprint density at radius 1 is 0.560 bits per heavy atom. The monoisotopic (exact) mass is 638 g/mol. The van der Waals surface area contributed by atoms with Crippen molar-refractivity contribution in [2.45, 2.75) is 0 Å². The Morgan fingerprint density at radius 2 is 1.28 bits per heavy atom. The second-order valence-corrected chi connectivity index (χ2v) is 12.5. The van der Waals surface area contributed by atoms with E-state index in [1.165, 1.54) is 0 Å². The normalized spacial score (nSPS) is 11.6. The van der Waals surface area contributed by atoms with Gasteiger partial charge in [0.05, 0.1) is 22.4 Å². The van der Waals surface area contributed by atoms with Crippen molar-refractivity contribution in [3.63, 3.8) is 0 Å². The van der Waals surface area contributed by atoms with Crippen molar-refractivity contribution in [3.8, 4) is 45.7 Å². The van der Waals surface area contributed by atoms with Gasteiger partial charge in [0.1, 0.15) is 17.2 Å². The lowest BCUT2D eigenvalue weighted by atomic mass is 9.95. The maximum absolute atomic E-state index is 10.9. The van der Waals surface area contributed by atoms with Crippen LogP contribution >= 0.6 is 0 Å². The second kappa shape index (κ2) is 11.0. The van der Waals surface area contributed by atoms with Crippen molar-refractivity contribution in [1.82, 2.24) is 14.5 Å². The summed E-state index contributed by atoms with van der Waals surface area (Å²) in [5.74, 6) is 0.555. The number of nitriles is 1. The highest BCUT2D eigenvalue weighted by atomic mass is 16.3. The Bertz CT molecular complexity index is 2990. The molecule has 0 spiro atoms. The average molecular weight is 639 g/mol. The highest BCUT2D eigenvalue weighted by Crippen LogP contribution is 2.44. The molecule has 0 aliphatic carbocycles. The van der Waals surface area contributed by atoms with Gasteiger partial charge in [0, 0.05) is 43.9 Å². The maximum atomic E-state index is 10.9. The number of hydrogen-bond donors (Lipinski definition) is 0. The fraction of sp³-hybridized carbons (Fsp3) is 0. The highest BCUT2D eigenvalue weighted by molar-refractivity contribution is 6.23. The summed E-state index contributed by atoms with van der Waals surface area (Å²) >= 11 is 0. The average Bonchev–Trinajstić information content (AvgIpc) is 3.74. The van der Waals surface area contributed by atoms with Crippen LogP contribution in [0.5, 0.6) is 0 Å². The Balaban J connectivity index is 1.30. The SMILES string of the molecule is N#Cc1c(-c2ccc3ccccc3c2)nc(-c2ccccc2)nc1-c1cccc2oc3c(ccc4c5ccccc5n(-c5ccccc5)c43)c12. The van der Waals surface area contributed by atoms with Crippen LogP contribution in [0.15, 0.2) is 162 Å². The van der Waals surface area contributed by atoms with Gasteiger partial charge in [-0.2, -0.15) is 5.26 Å². The molecule has 7 aromatic carbocycles. The van der Waals surface area contributed by atoms with Crippen LogP contribution in [-0.2, 0) is 0 Å². The molecule has 0 saturated heterocycles. The minimum Gasteiger partial charge on any atom is -0.454 e. The number of fused-ring (bicyclic) bond motifs is 8. The summed E-state index contributed by atoms with van der Waals surface area (Å²) in [4.78, 5) is 10.2. The van der Waals surface area contributed by atoms with Crippen LogP contribution < -0.4 is 0 Å². The van der Waals surface area contributed by atoms with Gasteiger partial charge in [0.25, 0.3) is 0 Å². The summed E-state index contributed by atoms with van der Waals surface area (Å²) in [6.07, 6.45) is 0. The number of rotatable bonds is 4. The summed E-state index contributed by atoms with van der Waals surface area (Å²) in [5.41, 5.74) is 8.82. The molecular weight excluding hydrogens is 613 g/mol. The molecule has 5 heteroatoms. The third-order valence-electron chi connectivity index (χ3n) is 9.64. The smallest absolute Gasteiger partial charge is 0.160 e. The molecular formula is C45H26N4O. The van der Waals surface area contributed by atoms with E-state index >= 15 is 0 Å². The lowest BCUT2D eigenvalue weighted by Crippen LogP contribution is -2.01. The van der Waals surface area contributed by atoms with Gasteiger partial charge in [0.15, 0.2) is 11.4 Å². The molecule has 0 fully saturated rings. The first kappa shape index (κ1) is 28.0. The summed E-state index contributed by atoms with van der Waals surface area (Å²) in [6, 6.07) is 56.1. The number of para-hydroxylation sites is 2. The third-order valence-corrected chi connectivity index (χ3v) is 9.64. The summed E-state index contributed by atoms with van der Waals surface area (Å²) in [7, 11) is 0. The Labute approximate surface area is 286 Å².